The normalized spacial score (nSPS) is 15.3. The van der Waals surface area contributed by atoms with E-state index in [9.17, 15) is 4.79 Å². The lowest BCUT2D eigenvalue weighted by atomic mass is 9.83. The van der Waals surface area contributed by atoms with E-state index in [2.05, 4.69) is 58.8 Å². The summed E-state index contributed by atoms with van der Waals surface area (Å²) in [6, 6.07) is -0.196. The molecule has 0 saturated heterocycles. The maximum Gasteiger partial charge on any atom is 0.243 e. The Kier molecular flexibility index (Phi) is 5.31. The molecule has 1 amide bonds. The molecule has 22 heavy (non-hydrogen) atoms. The molecule has 1 aromatic rings. The second-order valence-corrected chi connectivity index (χ2v) is 8.31. The number of hydrogen-bond acceptors (Lipinski definition) is 3. The van der Waals surface area contributed by atoms with Crippen LogP contribution < -0.4 is 10.2 Å². The molecule has 0 unspecified atom stereocenters. The van der Waals surface area contributed by atoms with Crippen molar-refractivity contribution in [3.05, 3.63) is 12.4 Å². The summed E-state index contributed by atoms with van der Waals surface area (Å²) < 4.78 is 1.93. The van der Waals surface area contributed by atoms with Crippen LogP contribution in [0.5, 0.6) is 0 Å². The number of nitrogens with one attached hydrogen (secondary N) is 1. The van der Waals surface area contributed by atoms with E-state index in [0.29, 0.717) is 0 Å². The number of amides is 1. The van der Waals surface area contributed by atoms with Gasteiger partial charge in [0.15, 0.2) is 0 Å². The number of hydrogen-bond donors (Lipinski definition) is 1. The topological polar surface area (TPSA) is 50.2 Å². The van der Waals surface area contributed by atoms with Crippen molar-refractivity contribution < 1.29 is 4.79 Å². The van der Waals surface area contributed by atoms with Gasteiger partial charge in [0.25, 0.3) is 0 Å². The van der Waals surface area contributed by atoms with E-state index in [4.69, 9.17) is 0 Å². The summed E-state index contributed by atoms with van der Waals surface area (Å²) in [5.74, 6) is 0.832. The van der Waals surface area contributed by atoms with Crippen molar-refractivity contribution in [2.45, 2.75) is 60.5 Å². The lowest BCUT2D eigenvalue weighted by molar-refractivity contribution is -0.125. The van der Waals surface area contributed by atoms with Crippen LogP contribution in [-0.4, -0.2) is 34.6 Å². The molecule has 0 fully saturated rings. The first-order chi connectivity index (χ1) is 9.85. The predicted octanol–water partition coefficient (Wildman–Crippen LogP) is 2.82. The molecule has 0 bridgehead atoms. The highest BCUT2D eigenvalue weighted by atomic mass is 16.2. The Morgan fingerprint density at radius 1 is 1.23 bits per heavy atom. The Balaban J connectivity index is 3.05. The van der Waals surface area contributed by atoms with Gasteiger partial charge in [0, 0.05) is 32.5 Å². The molecular weight excluding hydrogens is 276 g/mol. The van der Waals surface area contributed by atoms with E-state index in [1.165, 1.54) is 0 Å². The van der Waals surface area contributed by atoms with Crippen LogP contribution in [0.3, 0.4) is 0 Å². The molecule has 0 aliphatic heterocycles. The first-order valence-electron chi connectivity index (χ1n) is 7.86. The first-order valence-corrected chi connectivity index (χ1v) is 7.86. The number of nitrogens with zero attached hydrogens (tertiary/aromatic N) is 3. The molecule has 1 rings (SSSR count). The maximum atomic E-state index is 12.9. The minimum atomic E-state index is -0.293. The summed E-state index contributed by atoms with van der Waals surface area (Å²) in [6.07, 6.45) is 3.64. The highest BCUT2D eigenvalue weighted by molar-refractivity contribution is 5.85. The SMILES string of the molecule is C[C@@H](NC(=O)[C@@H](N(C)c1nccn1C)C(C)(C)C)C(C)(C)C. The van der Waals surface area contributed by atoms with Gasteiger partial charge in [-0.15, -0.1) is 0 Å². The van der Waals surface area contributed by atoms with Crippen LogP contribution in [0.4, 0.5) is 5.95 Å². The Morgan fingerprint density at radius 2 is 1.77 bits per heavy atom. The Bertz CT molecular complexity index is 507. The third-order valence-electron chi connectivity index (χ3n) is 4.22. The second-order valence-electron chi connectivity index (χ2n) is 8.31. The molecule has 126 valence electrons. The number of carbonyl (C=O) groups excluding carboxylic acids is 1. The van der Waals surface area contributed by atoms with Gasteiger partial charge in [-0.3, -0.25) is 4.79 Å². The number of likely N-dealkylation sites (N-methyl/N-ethyl adjacent to an activating group) is 1. The Labute approximate surface area is 135 Å². The summed E-state index contributed by atoms with van der Waals surface area (Å²) in [5.41, 5.74) is -0.178. The lowest BCUT2D eigenvalue weighted by Crippen LogP contribution is -2.56. The molecule has 5 heteroatoms. The van der Waals surface area contributed by atoms with E-state index in [0.717, 1.165) is 5.95 Å². The van der Waals surface area contributed by atoms with Crippen LogP contribution in [-0.2, 0) is 11.8 Å². The highest BCUT2D eigenvalue weighted by Crippen LogP contribution is 2.28. The molecule has 2 atom stereocenters. The summed E-state index contributed by atoms with van der Waals surface area (Å²) >= 11 is 0. The van der Waals surface area contributed by atoms with Crippen LogP contribution in [0.25, 0.3) is 0 Å². The largest absolute Gasteiger partial charge is 0.351 e. The number of aromatic nitrogens is 2. The van der Waals surface area contributed by atoms with Crippen molar-refractivity contribution in [1.82, 2.24) is 14.9 Å². The van der Waals surface area contributed by atoms with Gasteiger partial charge in [0.05, 0.1) is 0 Å². The van der Waals surface area contributed by atoms with Gasteiger partial charge in [-0.1, -0.05) is 41.5 Å². The minimum absolute atomic E-state index is 0.0277. The van der Waals surface area contributed by atoms with Crippen LogP contribution in [0.15, 0.2) is 12.4 Å². The van der Waals surface area contributed by atoms with Gasteiger partial charge >= 0.3 is 0 Å². The van der Waals surface area contributed by atoms with Gasteiger partial charge in [0.2, 0.25) is 11.9 Å². The fraction of sp³-hybridized carbons (Fsp3) is 0.765. The van der Waals surface area contributed by atoms with Crippen molar-refractivity contribution in [2.75, 3.05) is 11.9 Å². The zero-order valence-electron chi connectivity index (χ0n) is 15.6. The fourth-order valence-electron chi connectivity index (χ4n) is 2.47. The Morgan fingerprint density at radius 3 is 2.14 bits per heavy atom. The molecule has 1 aromatic heterocycles. The first kappa shape index (κ1) is 18.5. The van der Waals surface area contributed by atoms with Gasteiger partial charge in [0.1, 0.15) is 6.04 Å². The third-order valence-corrected chi connectivity index (χ3v) is 4.22. The van der Waals surface area contributed by atoms with Crippen LogP contribution >= 0.6 is 0 Å². The molecule has 1 heterocycles. The minimum Gasteiger partial charge on any atom is -0.351 e. The van der Waals surface area contributed by atoms with Gasteiger partial charge in [-0.05, 0) is 17.8 Å². The van der Waals surface area contributed by atoms with E-state index >= 15 is 0 Å². The van der Waals surface area contributed by atoms with Gasteiger partial charge in [-0.25, -0.2) is 4.98 Å². The van der Waals surface area contributed by atoms with E-state index in [1.807, 2.05) is 29.8 Å². The van der Waals surface area contributed by atoms with Crippen molar-refractivity contribution in [1.29, 1.82) is 0 Å². The number of anilines is 1. The summed E-state index contributed by atoms with van der Waals surface area (Å²) in [5, 5.41) is 3.17. The van der Waals surface area contributed by atoms with Crippen LogP contribution in [0.2, 0.25) is 0 Å². The predicted molar refractivity (Wildman–Crippen MR) is 91.9 cm³/mol. The summed E-state index contributed by atoms with van der Waals surface area (Å²) in [4.78, 5) is 19.2. The fourth-order valence-corrected chi connectivity index (χ4v) is 2.47. The zero-order valence-corrected chi connectivity index (χ0v) is 15.6. The molecule has 0 radical (unpaired) electrons. The number of aryl methyl sites for hydroxylation is 1. The molecule has 0 aliphatic carbocycles. The summed E-state index contributed by atoms with van der Waals surface area (Å²) in [6.45, 7) is 14.7. The number of carbonyl (C=O) groups is 1. The average Bonchev–Trinajstić information content (AvgIpc) is 2.72. The quantitative estimate of drug-likeness (QED) is 0.930. The Hall–Kier alpha value is -1.52. The van der Waals surface area contributed by atoms with E-state index < -0.39 is 0 Å². The molecular formula is C17H32N4O. The average molecular weight is 308 g/mol. The molecule has 0 aromatic carbocycles. The lowest BCUT2D eigenvalue weighted by Gasteiger charge is -2.39. The molecule has 0 spiro atoms. The third kappa shape index (κ3) is 4.24. The van der Waals surface area contributed by atoms with Crippen LogP contribution in [0.1, 0.15) is 48.5 Å². The van der Waals surface area contributed by atoms with E-state index in [1.54, 1.807) is 6.20 Å². The molecule has 5 nitrogen and oxygen atoms in total. The standard InChI is InChI=1S/C17H32N4O/c1-12(16(2,3)4)19-14(22)13(17(5,6)7)21(9)15-18-10-11-20(15)8/h10-13H,1-9H3,(H,19,22)/t12-,13-/m1/s1. The zero-order chi connectivity index (χ0) is 17.3. The van der Waals surface area contributed by atoms with Crippen LogP contribution in [0, 0.1) is 10.8 Å². The van der Waals surface area contributed by atoms with Crippen molar-refractivity contribution >= 4 is 11.9 Å². The van der Waals surface area contributed by atoms with Crippen molar-refractivity contribution in [2.24, 2.45) is 17.9 Å². The molecule has 0 aliphatic rings. The smallest absolute Gasteiger partial charge is 0.243 e. The van der Waals surface area contributed by atoms with E-state index in [-0.39, 0.29) is 28.8 Å². The maximum absolute atomic E-state index is 12.9. The van der Waals surface area contributed by atoms with Gasteiger partial charge in [-0.2, -0.15) is 0 Å². The second kappa shape index (κ2) is 6.31. The summed E-state index contributed by atoms with van der Waals surface area (Å²) in [7, 11) is 3.87. The number of imidazole rings is 1. The molecule has 0 saturated carbocycles. The van der Waals surface area contributed by atoms with Gasteiger partial charge < -0.3 is 14.8 Å². The van der Waals surface area contributed by atoms with Crippen molar-refractivity contribution in [3.63, 3.8) is 0 Å². The monoisotopic (exact) mass is 308 g/mol. The number of rotatable bonds is 4. The van der Waals surface area contributed by atoms with Crippen molar-refractivity contribution in [3.8, 4) is 0 Å². The molecule has 1 N–H and O–H groups in total. The highest BCUT2D eigenvalue weighted by Gasteiger charge is 2.37.